The Morgan fingerprint density at radius 3 is 2.65 bits per heavy atom. The van der Waals surface area contributed by atoms with Crippen molar-refractivity contribution in [2.24, 2.45) is 5.92 Å². The molecular weight excluding hydrogens is 350 g/mol. The average molecular weight is 373 g/mol. The van der Waals surface area contributed by atoms with Crippen molar-refractivity contribution in [3.8, 4) is 0 Å². The molecule has 0 spiro atoms. The van der Waals surface area contributed by atoms with Crippen LogP contribution in [-0.2, 0) is 20.6 Å². The van der Waals surface area contributed by atoms with Crippen molar-refractivity contribution in [3.05, 3.63) is 59.9 Å². The number of sulfonamides is 1. The molecule has 1 aliphatic heterocycles. The molecule has 2 aromatic rings. The van der Waals surface area contributed by atoms with Crippen LogP contribution in [0.25, 0.3) is 0 Å². The van der Waals surface area contributed by atoms with Crippen molar-refractivity contribution in [2.75, 3.05) is 18.4 Å². The highest BCUT2D eigenvalue weighted by Crippen LogP contribution is 2.23. The largest absolute Gasteiger partial charge is 0.324 e. The lowest BCUT2D eigenvalue weighted by Crippen LogP contribution is -2.41. The zero-order valence-electron chi connectivity index (χ0n) is 14.8. The van der Waals surface area contributed by atoms with Crippen LogP contribution in [0, 0.1) is 12.8 Å². The molecule has 138 valence electrons. The van der Waals surface area contributed by atoms with Crippen molar-refractivity contribution in [3.63, 3.8) is 0 Å². The van der Waals surface area contributed by atoms with Crippen LogP contribution in [0.1, 0.15) is 24.0 Å². The molecule has 1 aromatic carbocycles. The maximum atomic E-state index is 12.7. The van der Waals surface area contributed by atoms with Crippen LogP contribution in [0.15, 0.2) is 48.8 Å². The number of pyridine rings is 1. The molecule has 1 aromatic heterocycles. The van der Waals surface area contributed by atoms with Crippen molar-refractivity contribution in [1.82, 2.24) is 9.29 Å². The number of benzene rings is 1. The molecule has 2 heterocycles. The summed E-state index contributed by atoms with van der Waals surface area (Å²) in [6.07, 6.45) is 4.30. The van der Waals surface area contributed by atoms with Gasteiger partial charge in [0.25, 0.3) is 0 Å². The number of hydrogen-bond donors (Lipinski definition) is 1. The lowest BCUT2D eigenvalue weighted by atomic mass is 9.97. The van der Waals surface area contributed by atoms with Gasteiger partial charge in [-0.2, -0.15) is 0 Å². The second-order valence-electron chi connectivity index (χ2n) is 6.65. The first-order valence-electron chi connectivity index (χ1n) is 8.68. The molecule has 1 amide bonds. The number of carbonyl (C=O) groups excluding carboxylic acids is 1. The van der Waals surface area contributed by atoms with Crippen molar-refractivity contribution in [1.29, 1.82) is 0 Å². The van der Waals surface area contributed by atoms with E-state index < -0.39 is 10.0 Å². The SMILES string of the molecule is Cc1cccc(CS(=O)(=O)N2CCC(C(=O)Nc3cccnc3)CC2)c1. The van der Waals surface area contributed by atoms with Gasteiger partial charge in [0.1, 0.15) is 0 Å². The van der Waals surface area contributed by atoms with Crippen LogP contribution in [0.5, 0.6) is 0 Å². The average Bonchev–Trinajstić information content (AvgIpc) is 2.62. The fourth-order valence-electron chi connectivity index (χ4n) is 3.18. The predicted molar refractivity (Wildman–Crippen MR) is 101 cm³/mol. The van der Waals surface area contributed by atoms with Gasteiger partial charge in [-0.3, -0.25) is 9.78 Å². The van der Waals surface area contributed by atoms with Crippen LogP contribution < -0.4 is 5.32 Å². The van der Waals surface area contributed by atoms with E-state index in [0.717, 1.165) is 11.1 Å². The molecule has 6 nitrogen and oxygen atoms in total. The smallest absolute Gasteiger partial charge is 0.227 e. The van der Waals surface area contributed by atoms with Crippen LogP contribution >= 0.6 is 0 Å². The summed E-state index contributed by atoms with van der Waals surface area (Å²) in [5.74, 6) is -0.254. The summed E-state index contributed by atoms with van der Waals surface area (Å²) in [6, 6.07) is 11.1. The van der Waals surface area contributed by atoms with E-state index in [1.165, 1.54) is 4.31 Å². The third-order valence-electron chi connectivity index (χ3n) is 4.58. The molecule has 1 saturated heterocycles. The third-order valence-corrected chi connectivity index (χ3v) is 6.43. The first kappa shape index (κ1) is 18.5. The molecule has 26 heavy (non-hydrogen) atoms. The molecule has 0 radical (unpaired) electrons. The first-order chi connectivity index (χ1) is 12.4. The molecule has 0 atom stereocenters. The van der Waals surface area contributed by atoms with Gasteiger partial charge in [0.2, 0.25) is 15.9 Å². The van der Waals surface area contributed by atoms with E-state index in [9.17, 15) is 13.2 Å². The normalized spacial score (nSPS) is 16.3. The zero-order chi connectivity index (χ0) is 18.6. The molecule has 1 fully saturated rings. The second kappa shape index (κ2) is 7.97. The highest BCUT2D eigenvalue weighted by Gasteiger charge is 2.31. The first-order valence-corrected chi connectivity index (χ1v) is 10.3. The van der Waals surface area contributed by atoms with Crippen molar-refractivity contribution in [2.45, 2.75) is 25.5 Å². The number of carbonyl (C=O) groups is 1. The van der Waals surface area contributed by atoms with E-state index in [-0.39, 0.29) is 17.6 Å². The van der Waals surface area contributed by atoms with E-state index >= 15 is 0 Å². The van der Waals surface area contributed by atoms with Gasteiger partial charge in [-0.25, -0.2) is 12.7 Å². The minimum Gasteiger partial charge on any atom is -0.324 e. The van der Waals surface area contributed by atoms with E-state index in [4.69, 9.17) is 0 Å². The Balaban J connectivity index is 1.56. The van der Waals surface area contributed by atoms with E-state index in [0.29, 0.717) is 31.6 Å². The molecule has 3 rings (SSSR count). The van der Waals surface area contributed by atoms with Crippen molar-refractivity contribution < 1.29 is 13.2 Å². The Morgan fingerprint density at radius 2 is 2.00 bits per heavy atom. The number of nitrogens with one attached hydrogen (secondary N) is 1. The van der Waals surface area contributed by atoms with Crippen LogP contribution in [0.2, 0.25) is 0 Å². The molecule has 0 unspecified atom stereocenters. The van der Waals surface area contributed by atoms with Crippen LogP contribution in [0.3, 0.4) is 0 Å². The number of amides is 1. The van der Waals surface area contributed by atoms with E-state index in [1.807, 2.05) is 31.2 Å². The number of aryl methyl sites for hydroxylation is 1. The topological polar surface area (TPSA) is 79.4 Å². The van der Waals surface area contributed by atoms with Gasteiger partial charge in [0, 0.05) is 25.2 Å². The lowest BCUT2D eigenvalue weighted by Gasteiger charge is -2.30. The van der Waals surface area contributed by atoms with Gasteiger partial charge in [-0.15, -0.1) is 0 Å². The summed E-state index contributed by atoms with van der Waals surface area (Å²) in [6.45, 7) is 2.70. The fraction of sp³-hybridized carbons (Fsp3) is 0.368. The predicted octanol–water partition coefficient (Wildman–Crippen LogP) is 2.57. The van der Waals surface area contributed by atoms with Gasteiger partial charge in [-0.1, -0.05) is 29.8 Å². The van der Waals surface area contributed by atoms with Gasteiger partial charge >= 0.3 is 0 Å². The standard InChI is InChI=1S/C19H23N3O3S/c1-15-4-2-5-16(12-15)14-26(24,25)22-10-7-17(8-11-22)19(23)21-18-6-3-9-20-13-18/h2-6,9,12-13,17H,7-8,10-11,14H2,1H3,(H,21,23). The highest BCUT2D eigenvalue weighted by molar-refractivity contribution is 7.88. The Labute approximate surface area is 154 Å². The summed E-state index contributed by atoms with van der Waals surface area (Å²) in [4.78, 5) is 16.3. The maximum absolute atomic E-state index is 12.7. The molecule has 1 aliphatic rings. The van der Waals surface area contributed by atoms with Gasteiger partial charge in [0.15, 0.2) is 0 Å². The summed E-state index contributed by atoms with van der Waals surface area (Å²) in [7, 11) is -3.37. The van der Waals surface area contributed by atoms with Crippen LogP contribution in [-0.4, -0.2) is 36.7 Å². The maximum Gasteiger partial charge on any atom is 0.227 e. The van der Waals surface area contributed by atoms with Gasteiger partial charge in [-0.05, 0) is 37.5 Å². The lowest BCUT2D eigenvalue weighted by molar-refractivity contribution is -0.120. The number of anilines is 1. The fourth-order valence-corrected chi connectivity index (χ4v) is 4.73. The molecule has 0 saturated carbocycles. The third kappa shape index (κ3) is 4.68. The number of piperidine rings is 1. The Bertz CT molecular complexity index is 861. The molecule has 0 aliphatic carbocycles. The van der Waals surface area contributed by atoms with Crippen molar-refractivity contribution >= 4 is 21.6 Å². The molecule has 7 heteroatoms. The number of aromatic nitrogens is 1. The number of hydrogen-bond acceptors (Lipinski definition) is 4. The van der Waals surface area contributed by atoms with E-state index in [1.54, 1.807) is 24.5 Å². The number of rotatable bonds is 5. The Hall–Kier alpha value is -2.25. The summed E-state index contributed by atoms with van der Waals surface area (Å²) in [5, 5.41) is 2.84. The highest BCUT2D eigenvalue weighted by atomic mass is 32.2. The minimum absolute atomic E-state index is 0.00122. The summed E-state index contributed by atoms with van der Waals surface area (Å²) in [5.41, 5.74) is 2.50. The zero-order valence-corrected chi connectivity index (χ0v) is 15.6. The Morgan fingerprint density at radius 1 is 1.23 bits per heavy atom. The second-order valence-corrected chi connectivity index (χ2v) is 8.62. The molecular formula is C19H23N3O3S. The van der Waals surface area contributed by atoms with E-state index in [2.05, 4.69) is 10.3 Å². The van der Waals surface area contributed by atoms with Gasteiger partial charge in [0.05, 0.1) is 17.6 Å². The molecule has 1 N–H and O–H groups in total. The van der Waals surface area contributed by atoms with Gasteiger partial charge < -0.3 is 5.32 Å². The number of nitrogens with zero attached hydrogens (tertiary/aromatic N) is 2. The molecule has 0 bridgehead atoms. The minimum atomic E-state index is -3.37. The quantitative estimate of drug-likeness (QED) is 0.874. The monoisotopic (exact) mass is 373 g/mol. The Kier molecular flexibility index (Phi) is 5.68. The summed E-state index contributed by atoms with van der Waals surface area (Å²) < 4.78 is 26.8. The summed E-state index contributed by atoms with van der Waals surface area (Å²) >= 11 is 0. The van der Waals surface area contributed by atoms with Crippen LogP contribution in [0.4, 0.5) is 5.69 Å².